The number of hydrogen-bond acceptors (Lipinski definition) is 6. The van der Waals surface area contributed by atoms with Crippen molar-refractivity contribution in [2.75, 3.05) is 32.7 Å². The van der Waals surface area contributed by atoms with Crippen molar-refractivity contribution in [2.45, 2.75) is 51.0 Å². The third-order valence-electron chi connectivity index (χ3n) is 8.14. The first-order valence-corrected chi connectivity index (χ1v) is 14.5. The van der Waals surface area contributed by atoms with Gasteiger partial charge in [0.2, 0.25) is 0 Å². The Labute approximate surface area is 228 Å². The van der Waals surface area contributed by atoms with Crippen molar-refractivity contribution in [2.24, 2.45) is 11.8 Å². The number of aliphatic carboxylic acids is 1. The summed E-state index contributed by atoms with van der Waals surface area (Å²) in [5.41, 5.74) is 2.02. The summed E-state index contributed by atoms with van der Waals surface area (Å²) in [6, 6.07) is 12.3. The zero-order valence-electron chi connectivity index (χ0n) is 22.2. The fourth-order valence-electron chi connectivity index (χ4n) is 6.28. The first-order valence-electron chi connectivity index (χ1n) is 13.7. The largest absolute Gasteiger partial charge is 0.480 e. The van der Waals surface area contributed by atoms with E-state index in [2.05, 4.69) is 26.0 Å². The second-order valence-electron chi connectivity index (χ2n) is 11.1. The van der Waals surface area contributed by atoms with Crippen LogP contribution in [0.25, 0.3) is 0 Å². The predicted molar refractivity (Wildman–Crippen MR) is 148 cm³/mol. The Kier molecular flexibility index (Phi) is 8.51. The average Bonchev–Trinajstić information content (AvgIpc) is 3.52. The second kappa shape index (κ2) is 12.0. The number of halogens is 1. The van der Waals surface area contributed by atoms with E-state index in [-0.39, 0.29) is 23.6 Å². The third-order valence-corrected chi connectivity index (χ3v) is 9.30. The van der Waals surface area contributed by atoms with Gasteiger partial charge in [0.1, 0.15) is 11.9 Å². The van der Waals surface area contributed by atoms with Crippen LogP contribution in [-0.4, -0.2) is 69.6 Å². The molecule has 0 aliphatic carbocycles. The summed E-state index contributed by atoms with van der Waals surface area (Å²) in [7, 11) is 0. The molecule has 3 atom stereocenters. The van der Waals surface area contributed by atoms with Crippen molar-refractivity contribution < 1.29 is 14.3 Å². The van der Waals surface area contributed by atoms with E-state index in [9.17, 15) is 14.3 Å². The van der Waals surface area contributed by atoms with Gasteiger partial charge in [0.25, 0.3) is 0 Å². The van der Waals surface area contributed by atoms with Crippen LogP contribution in [0.5, 0.6) is 0 Å². The quantitative estimate of drug-likeness (QED) is 0.402. The van der Waals surface area contributed by atoms with Crippen LogP contribution in [0.4, 0.5) is 4.39 Å². The van der Waals surface area contributed by atoms with Crippen LogP contribution in [0, 0.1) is 17.7 Å². The first kappa shape index (κ1) is 26.9. The number of carboxylic acids is 1. The second-order valence-corrected chi connectivity index (χ2v) is 12.3. The summed E-state index contributed by atoms with van der Waals surface area (Å²) < 4.78 is 14.1. The van der Waals surface area contributed by atoms with E-state index < -0.39 is 12.0 Å². The Morgan fingerprint density at radius 3 is 2.63 bits per heavy atom. The summed E-state index contributed by atoms with van der Waals surface area (Å²) in [5, 5.41) is 11.0. The molecule has 4 heterocycles. The molecule has 2 aromatic heterocycles. The maximum atomic E-state index is 14.1. The number of aromatic nitrogens is 2. The number of piperidine rings is 1. The van der Waals surface area contributed by atoms with E-state index in [1.807, 2.05) is 55.6 Å². The van der Waals surface area contributed by atoms with E-state index >= 15 is 0 Å². The van der Waals surface area contributed by atoms with Gasteiger partial charge in [-0.05, 0) is 73.5 Å². The zero-order valence-corrected chi connectivity index (χ0v) is 23.0. The average molecular weight is 537 g/mol. The molecule has 2 aliphatic heterocycles. The Balaban J connectivity index is 1.22. The van der Waals surface area contributed by atoms with Gasteiger partial charge in [-0.25, -0.2) is 9.37 Å². The minimum absolute atomic E-state index is 0.0112. The number of hydrogen-bond donors (Lipinski definition) is 1. The third kappa shape index (κ3) is 6.30. The first-order chi connectivity index (χ1) is 18.4. The molecule has 1 N–H and O–H groups in total. The minimum atomic E-state index is -0.772. The molecule has 1 unspecified atom stereocenters. The predicted octanol–water partition coefficient (Wildman–Crippen LogP) is 5.27. The highest BCUT2D eigenvalue weighted by Gasteiger charge is 2.41. The molecule has 8 heteroatoms. The highest BCUT2D eigenvalue weighted by molar-refractivity contribution is 7.11. The van der Waals surface area contributed by atoms with Crippen LogP contribution in [0.2, 0.25) is 0 Å². The number of nitrogens with zero attached hydrogens (tertiary/aromatic N) is 4. The fourth-order valence-corrected chi connectivity index (χ4v) is 7.38. The lowest BCUT2D eigenvalue weighted by molar-refractivity contribution is -0.144. The van der Waals surface area contributed by atoms with Gasteiger partial charge >= 0.3 is 5.97 Å². The van der Waals surface area contributed by atoms with Gasteiger partial charge in [-0.2, -0.15) is 0 Å². The van der Waals surface area contributed by atoms with Crippen LogP contribution in [-0.2, 0) is 11.2 Å². The molecule has 3 aromatic rings. The Morgan fingerprint density at radius 1 is 1.13 bits per heavy atom. The van der Waals surface area contributed by atoms with Crippen LogP contribution in [0.3, 0.4) is 0 Å². The highest BCUT2D eigenvalue weighted by atomic mass is 32.1. The molecular formula is C30H37FN4O2S. The SMILES string of the molecule is CC(C)[C@H](C(=O)O)N1CC(c2cccc(F)c2)[C@@H](CN2CCC(c3cnc(Cc4ccccn4)s3)CC2)C1. The molecule has 0 radical (unpaired) electrons. The summed E-state index contributed by atoms with van der Waals surface area (Å²) in [5.74, 6) is -0.0747. The number of carbonyl (C=O) groups is 1. The molecule has 2 aliphatic rings. The molecule has 38 heavy (non-hydrogen) atoms. The number of benzene rings is 1. The number of rotatable bonds is 9. The van der Waals surface area contributed by atoms with Gasteiger partial charge in [0.05, 0.1) is 5.01 Å². The summed E-state index contributed by atoms with van der Waals surface area (Å²) in [6.07, 6.45) is 6.84. The zero-order chi connectivity index (χ0) is 26.6. The van der Waals surface area contributed by atoms with Crippen molar-refractivity contribution in [1.82, 2.24) is 19.8 Å². The topological polar surface area (TPSA) is 69.6 Å². The monoisotopic (exact) mass is 536 g/mol. The maximum absolute atomic E-state index is 14.1. The summed E-state index contributed by atoms with van der Waals surface area (Å²) >= 11 is 1.81. The van der Waals surface area contributed by atoms with Crippen LogP contribution in [0.1, 0.15) is 59.7 Å². The molecule has 2 fully saturated rings. The molecule has 2 saturated heterocycles. The van der Waals surface area contributed by atoms with Gasteiger partial charge in [-0.15, -0.1) is 11.3 Å². The van der Waals surface area contributed by atoms with E-state index in [4.69, 9.17) is 0 Å². The van der Waals surface area contributed by atoms with Crippen LogP contribution >= 0.6 is 11.3 Å². The molecule has 0 spiro atoms. The van der Waals surface area contributed by atoms with Gasteiger partial charge in [0.15, 0.2) is 0 Å². The Bertz CT molecular complexity index is 1210. The van der Waals surface area contributed by atoms with Gasteiger partial charge in [-0.3, -0.25) is 14.7 Å². The summed E-state index contributed by atoms with van der Waals surface area (Å²) in [4.78, 5) is 27.2. The number of carboxylic acid groups (broad SMARTS) is 1. The lowest BCUT2D eigenvalue weighted by Crippen LogP contribution is -2.44. The highest BCUT2D eigenvalue weighted by Crippen LogP contribution is 2.38. The van der Waals surface area contributed by atoms with Gasteiger partial charge in [0, 0.05) is 54.9 Å². The molecule has 0 bridgehead atoms. The number of likely N-dealkylation sites (tertiary alicyclic amines) is 2. The molecule has 202 valence electrons. The van der Waals surface area contributed by atoms with Crippen LogP contribution in [0.15, 0.2) is 54.9 Å². The van der Waals surface area contributed by atoms with E-state index in [0.29, 0.717) is 12.5 Å². The molecular weight excluding hydrogens is 499 g/mol. The van der Waals surface area contributed by atoms with Crippen molar-refractivity contribution in [3.8, 4) is 0 Å². The fraction of sp³-hybridized carbons (Fsp3) is 0.500. The van der Waals surface area contributed by atoms with Crippen molar-refractivity contribution in [1.29, 1.82) is 0 Å². The lowest BCUT2D eigenvalue weighted by atomic mass is 9.87. The van der Waals surface area contributed by atoms with Crippen molar-refractivity contribution >= 4 is 17.3 Å². The molecule has 6 nitrogen and oxygen atoms in total. The number of thiazole rings is 1. The molecule has 0 amide bonds. The number of pyridine rings is 1. The van der Waals surface area contributed by atoms with Gasteiger partial charge < -0.3 is 10.0 Å². The van der Waals surface area contributed by atoms with E-state index in [0.717, 1.165) is 61.7 Å². The smallest absolute Gasteiger partial charge is 0.321 e. The normalized spacial score (nSPS) is 22.2. The summed E-state index contributed by atoms with van der Waals surface area (Å²) in [6.45, 7) is 8.24. The van der Waals surface area contributed by atoms with E-state index in [1.54, 1.807) is 12.1 Å². The minimum Gasteiger partial charge on any atom is -0.480 e. The molecule has 5 rings (SSSR count). The molecule has 0 saturated carbocycles. The van der Waals surface area contributed by atoms with Crippen LogP contribution < -0.4 is 0 Å². The molecule has 1 aromatic carbocycles. The van der Waals surface area contributed by atoms with Gasteiger partial charge in [-0.1, -0.05) is 32.0 Å². The van der Waals surface area contributed by atoms with E-state index in [1.165, 1.54) is 10.9 Å². The Morgan fingerprint density at radius 2 is 1.95 bits per heavy atom. The van der Waals surface area contributed by atoms with Crippen molar-refractivity contribution in [3.63, 3.8) is 0 Å². The standard InChI is InChI=1S/C30H37FN4O2S/c1-20(2)29(30(36)37)35-18-23(26(19-35)22-6-5-7-24(31)14-22)17-34-12-9-21(10-13-34)27-16-33-28(38-27)15-25-8-3-4-11-32-25/h3-8,11,14,16,20-21,23,26,29H,9-10,12-13,15,17-19H2,1-2H3,(H,36,37)/t23-,26?,29+/m0/s1. The maximum Gasteiger partial charge on any atom is 0.321 e. The Hall–Kier alpha value is -2.68. The van der Waals surface area contributed by atoms with Crippen molar-refractivity contribution in [3.05, 3.63) is 81.8 Å². The lowest BCUT2D eigenvalue weighted by Gasteiger charge is -2.34.